The number of aromatic nitrogens is 1. The van der Waals surface area contributed by atoms with E-state index in [0.29, 0.717) is 30.3 Å². The van der Waals surface area contributed by atoms with E-state index in [9.17, 15) is 4.79 Å². The van der Waals surface area contributed by atoms with Crippen LogP contribution in [0.5, 0.6) is 11.5 Å². The first-order valence-corrected chi connectivity index (χ1v) is 8.95. The number of nitrogens with one attached hydrogen (secondary N) is 1. The van der Waals surface area contributed by atoms with Gasteiger partial charge in [0.1, 0.15) is 6.61 Å². The van der Waals surface area contributed by atoms with Gasteiger partial charge in [-0.3, -0.25) is 9.78 Å². The highest BCUT2D eigenvalue weighted by molar-refractivity contribution is 5.95. The second kappa shape index (κ2) is 11.7. The van der Waals surface area contributed by atoms with Crippen LogP contribution in [0, 0.1) is 0 Å². The molecule has 0 radical (unpaired) electrons. The van der Waals surface area contributed by atoms with Gasteiger partial charge in [0.05, 0.1) is 6.61 Å². The summed E-state index contributed by atoms with van der Waals surface area (Å²) in [6.07, 6.45) is 4.47. The number of halogens is 2. The highest BCUT2D eigenvalue weighted by Gasteiger charge is 2.24. The Morgan fingerprint density at radius 1 is 1.25 bits per heavy atom. The standard InChI is InChI=1S/C20H25N3O3.2ClH/c1-3-25-19-11-16(20(24)23(2)17-8-10-22-13-17)6-7-18(19)26-14-15-5-4-9-21-12-15;;/h4-7,9,11-12,17,22H,3,8,10,13-14H2,1-2H3;2*1H. The molecule has 1 aliphatic rings. The largest absolute Gasteiger partial charge is 0.490 e. The second-order valence-electron chi connectivity index (χ2n) is 6.31. The maximum Gasteiger partial charge on any atom is 0.254 e. The van der Waals surface area contributed by atoms with Crippen molar-refractivity contribution in [2.75, 3.05) is 26.7 Å². The summed E-state index contributed by atoms with van der Waals surface area (Å²) in [6, 6.07) is 9.42. The Hall–Kier alpha value is -2.02. The van der Waals surface area contributed by atoms with E-state index in [2.05, 4.69) is 10.3 Å². The smallest absolute Gasteiger partial charge is 0.254 e. The average molecular weight is 428 g/mol. The Morgan fingerprint density at radius 3 is 2.71 bits per heavy atom. The van der Waals surface area contributed by atoms with E-state index < -0.39 is 0 Å². The monoisotopic (exact) mass is 427 g/mol. The number of nitrogens with zero attached hydrogens (tertiary/aromatic N) is 2. The van der Waals surface area contributed by atoms with Gasteiger partial charge in [-0.15, -0.1) is 24.8 Å². The topological polar surface area (TPSA) is 63.7 Å². The van der Waals surface area contributed by atoms with Gasteiger partial charge in [-0.2, -0.15) is 0 Å². The average Bonchev–Trinajstić information content (AvgIpc) is 3.21. The molecular weight excluding hydrogens is 401 g/mol. The SMILES string of the molecule is CCOc1cc(C(=O)N(C)C2CCNC2)ccc1OCc1cccnc1.Cl.Cl. The zero-order chi connectivity index (χ0) is 18.4. The molecule has 0 saturated carbocycles. The van der Waals surface area contributed by atoms with Crippen LogP contribution in [-0.4, -0.2) is 48.6 Å². The van der Waals surface area contributed by atoms with Crippen LogP contribution in [0.25, 0.3) is 0 Å². The third kappa shape index (κ3) is 5.99. The fourth-order valence-electron chi connectivity index (χ4n) is 3.01. The Kier molecular flexibility index (Phi) is 10.1. The molecule has 2 aromatic rings. The van der Waals surface area contributed by atoms with Crippen LogP contribution in [-0.2, 0) is 6.61 Å². The zero-order valence-corrected chi connectivity index (χ0v) is 17.7. The van der Waals surface area contributed by atoms with E-state index in [0.717, 1.165) is 25.1 Å². The van der Waals surface area contributed by atoms with Gasteiger partial charge < -0.3 is 19.7 Å². The molecular formula is C20H27Cl2N3O3. The number of benzene rings is 1. The highest BCUT2D eigenvalue weighted by Crippen LogP contribution is 2.30. The second-order valence-corrected chi connectivity index (χ2v) is 6.31. The lowest BCUT2D eigenvalue weighted by Crippen LogP contribution is -2.38. The Labute approximate surface area is 178 Å². The Morgan fingerprint density at radius 2 is 2.07 bits per heavy atom. The molecule has 0 aliphatic carbocycles. The summed E-state index contributed by atoms with van der Waals surface area (Å²) in [5, 5.41) is 3.29. The molecule has 8 heteroatoms. The van der Waals surface area contributed by atoms with Crippen molar-refractivity contribution in [1.29, 1.82) is 0 Å². The molecule has 2 heterocycles. The van der Waals surface area contributed by atoms with Gasteiger partial charge >= 0.3 is 0 Å². The third-order valence-electron chi connectivity index (χ3n) is 4.51. The van der Waals surface area contributed by atoms with Crippen molar-refractivity contribution in [3.05, 3.63) is 53.9 Å². The summed E-state index contributed by atoms with van der Waals surface area (Å²) in [4.78, 5) is 18.7. The number of pyridine rings is 1. The molecule has 0 bridgehead atoms. The van der Waals surface area contributed by atoms with Crippen molar-refractivity contribution >= 4 is 30.7 Å². The van der Waals surface area contributed by atoms with Crippen molar-refractivity contribution in [2.24, 2.45) is 0 Å². The lowest BCUT2D eigenvalue weighted by atomic mass is 10.1. The molecule has 154 valence electrons. The van der Waals surface area contributed by atoms with Gasteiger partial charge in [-0.05, 0) is 44.2 Å². The van der Waals surface area contributed by atoms with E-state index in [1.807, 2.05) is 26.1 Å². The number of rotatable bonds is 7. The number of hydrogen-bond acceptors (Lipinski definition) is 5. The molecule has 1 unspecified atom stereocenters. The summed E-state index contributed by atoms with van der Waals surface area (Å²) in [5.74, 6) is 1.20. The van der Waals surface area contributed by atoms with E-state index in [1.54, 1.807) is 35.5 Å². The van der Waals surface area contributed by atoms with Gasteiger partial charge in [0.2, 0.25) is 0 Å². The van der Waals surface area contributed by atoms with Gasteiger partial charge in [0, 0.05) is 43.2 Å². The summed E-state index contributed by atoms with van der Waals surface area (Å²) in [6.45, 7) is 4.61. The fourth-order valence-corrected chi connectivity index (χ4v) is 3.01. The van der Waals surface area contributed by atoms with Gasteiger partial charge in [-0.1, -0.05) is 6.07 Å². The number of likely N-dealkylation sites (N-methyl/N-ethyl adjacent to an activating group) is 1. The molecule has 0 spiro atoms. The first-order chi connectivity index (χ1) is 12.7. The molecule has 6 nitrogen and oxygen atoms in total. The molecule has 1 aromatic heterocycles. The Balaban J connectivity index is 0.00000196. The maximum absolute atomic E-state index is 12.8. The minimum absolute atomic E-state index is 0. The van der Waals surface area contributed by atoms with E-state index >= 15 is 0 Å². The van der Waals surface area contributed by atoms with Crippen LogP contribution in [0.4, 0.5) is 0 Å². The lowest BCUT2D eigenvalue weighted by molar-refractivity contribution is 0.0743. The fraction of sp³-hybridized carbons (Fsp3) is 0.400. The van der Waals surface area contributed by atoms with Crippen LogP contribution in [0.15, 0.2) is 42.7 Å². The third-order valence-corrected chi connectivity index (χ3v) is 4.51. The molecule has 28 heavy (non-hydrogen) atoms. The van der Waals surface area contributed by atoms with Crippen LogP contribution in [0.1, 0.15) is 29.3 Å². The van der Waals surface area contributed by atoms with Crippen LogP contribution >= 0.6 is 24.8 Å². The number of carbonyl (C=O) groups excluding carboxylic acids is 1. The molecule has 1 saturated heterocycles. The first kappa shape index (κ1) is 24.0. The van der Waals surface area contributed by atoms with E-state index in [-0.39, 0.29) is 36.8 Å². The minimum atomic E-state index is -0.00142. The quantitative estimate of drug-likeness (QED) is 0.733. The van der Waals surface area contributed by atoms with Crippen LogP contribution < -0.4 is 14.8 Å². The number of ether oxygens (including phenoxy) is 2. The molecule has 1 aliphatic heterocycles. The highest BCUT2D eigenvalue weighted by atomic mass is 35.5. The minimum Gasteiger partial charge on any atom is -0.490 e. The van der Waals surface area contributed by atoms with Crippen LogP contribution in [0.3, 0.4) is 0 Å². The van der Waals surface area contributed by atoms with Crippen molar-refractivity contribution in [2.45, 2.75) is 26.0 Å². The maximum atomic E-state index is 12.8. The van der Waals surface area contributed by atoms with Gasteiger partial charge in [0.15, 0.2) is 11.5 Å². The number of hydrogen-bond donors (Lipinski definition) is 1. The molecule has 1 fully saturated rings. The van der Waals surface area contributed by atoms with E-state index in [1.165, 1.54) is 0 Å². The first-order valence-electron chi connectivity index (χ1n) is 8.95. The van der Waals surface area contributed by atoms with Gasteiger partial charge in [-0.25, -0.2) is 0 Å². The van der Waals surface area contributed by atoms with Crippen LogP contribution in [0.2, 0.25) is 0 Å². The summed E-state index contributed by atoms with van der Waals surface area (Å²) in [7, 11) is 1.85. The molecule has 1 atom stereocenters. The summed E-state index contributed by atoms with van der Waals surface area (Å²) in [5.41, 5.74) is 1.58. The lowest BCUT2D eigenvalue weighted by Gasteiger charge is -2.24. The van der Waals surface area contributed by atoms with Crippen molar-refractivity contribution in [3.8, 4) is 11.5 Å². The van der Waals surface area contributed by atoms with E-state index in [4.69, 9.17) is 9.47 Å². The molecule has 1 amide bonds. The van der Waals surface area contributed by atoms with Crippen molar-refractivity contribution < 1.29 is 14.3 Å². The molecule has 3 rings (SSSR count). The number of amides is 1. The Bertz CT molecular complexity index is 741. The zero-order valence-electron chi connectivity index (χ0n) is 16.1. The normalized spacial score (nSPS) is 15.1. The van der Waals surface area contributed by atoms with Crippen molar-refractivity contribution in [1.82, 2.24) is 15.2 Å². The summed E-state index contributed by atoms with van der Waals surface area (Å²) < 4.78 is 11.6. The molecule has 1 N–H and O–H groups in total. The predicted octanol–water partition coefficient (Wildman–Crippen LogP) is 3.34. The summed E-state index contributed by atoms with van der Waals surface area (Å²) >= 11 is 0. The predicted molar refractivity (Wildman–Crippen MR) is 114 cm³/mol. The number of carbonyl (C=O) groups is 1. The van der Waals surface area contributed by atoms with Gasteiger partial charge in [0.25, 0.3) is 5.91 Å². The molecule has 1 aromatic carbocycles. The van der Waals surface area contributed by atoms with Crippen molar-refractivity contribution in [3.63, 3.8) is 0 Å².